The third-order valence-electron chi connectivity index (χ3n) is 11.2. The van der Waals surface area contributed by atoms with E-state index in [0.717, 1.165) is 77.0 Å². The number of esters is 1. The van der Waals surface area contributed by atoms with Gasteiger partial charge < -0.3 is 64.2 Å². The molecule has 0 aromatic rings. The van der Waals surface area contributed by atoms with E-state index < -0.39 is 86.7 Å². The minimum atomic E-state index is -1.72. The average molecular weight is 923 g/mol. The van der Waals surface area contributed by atoms with E-state index >= 15 is 0 Å². The zero-order chi connectivity index (χ0) is 47.3. The number of carbonyl (C=O) groups excluding carboxylic acids is 1. The van der Waals surface area contributed by atoms with E-state index in [0.29, 0.717) is 13.0 Å². The van der Waals surface area contributed by atoms with E-state index in [2.05, 4.69) is 86.8 Å². The van der Waals surface area contributed by atoms with Crippen molar-refractivity contribution in [3.8, 4) is 0 Å². The molecule has 2 fully saturated rings. The van der Waals surface area contributed by atoms with Crippen molar-refractivity contribution < 1.29 is 69.0 Å². The first-order valence-electron chi connectivity index (χ1n) is 24.5. The van der Waals surface area contributed by atoms with E-state index in [1.807, 2.05) is 0 Å². The lowest BCUT2D eigenvalue weighted by molar-refractivity contribution is -0.332. The SMILES string of the molecule is CC/C=C\C/C=C\C/C=C\C/C=C\CCCCC(=O)OC(COCCCCCCCC/C=C\C/C=C\CCCCC)COC1OC(COC2OC(CO)C(O)C(O)C2O)C(O)C(O)C1O. The highest BCUT2D eigenvalue weighted by Crippen LogP contribution is 2.26. The van der Waals surface area contributed by atoms with Crippen LogP contribution in [0.1, 0.15) is 142 Å². The monoisotopic (exact) mass is 923 g/mol. The summed E-state index contributed by atoms with van der Waals surface area (Å²) in [6, 6.07) is 0. The molecule has 14 nitrogen and oxygen atoms in total. The Morgan fingerprint density at radius 2 is 1.00 bits per heavy atom. The van der Waals surface area contributed by atoms with Crippen molar-refractivity contribution in [2.75, 3.05) is 33.0 Å². The molecule has 11 unspecified atom stereocenters. The highest BCUT2D eigenvalue weighted by Gasteiger charge is 2.47. The predicted molar refractivity (Wildman–Crippen MR) is 252 cm³/mol. The normalized spacial score (nSPS) is 27.2. The predicted octanol–water partition coefficient (Wildman–Crippen LogP) is 6.73. The summed E-state index contributed by atoms with van der Waals surface area (Å²) in [6.45, 7) is 3.44. The van der Waals surface area contributed by atoms with Crippen molar-refractivity contribution in [1.82, 2.24) is 0 Å². The van der Waals surface area contributed by atoms with Gasteiger partial charge in [0, 0.05) is 13.0 Å². The van der Waals surface area contributed by atoms with E-state index in [9.17, 15) is 40.5 Å². The summed E-state index contributed by atoms with van der Waals surface area (Å²) >= 11 is 0. The summed E-state index contributed by atoms with van der Waals surface area (Å²) in [6.07, 6.45) is 29.7. The molecule has 0 bridgehead atoms. The summed E-state index contributed by atoms with van der Waals surface area (Å²) in [5.74, 6) is -0.424. The first-order valence-corrected chi connectivity index (χ1v) is 24.5. The van der Waals surface area contributed by atoms with Crippen molar-refractivity contribution in [2.24, 2.45) is 0 Å². The van der Waals surface area contributed by atoms with Gasteiger partial charge in [-0.25, -0.2) is 0 Å². The maximum Gasteiger partial charge on any atom is 0.306 e. The second kappa shape index (κ2) is 38.4. The molecule has 11 atom stereocenters. The third kappa shape index (κ3) is 26.5. The number of carbonyl (C=O) groups is 1. The molecule has 0 saturated carbocycles. The quantitative estimate of drug-likeness (QED) is 0.0196. The molecule has 2 aliphatic heterocycles. The summed E-state index contributed by atoms with van der Waals surface area (Å²) in [7, 11) is 0. The molecule has 7 N–H and O–H groups in total. The zero-order valence-corrected chi connectivity index (χ0v) is 39.4. The first-order chi connectivity index (χ1) is 31.6. The zero-order valence-electron chi connectivity index (χ0n) is 39.4. The van der Waals surface area contributed by atoms with Gasteiger partial charge in [-0.3, -0.25) is 4.79 Å². The van der Waals surface area contributed by atoms with Crippen molar-refractivity contribution >= 4 is 5.97 Å². The molecule has 374 valence electrons. The van der Waals surface area contributed by atoms with Crippen LogP contribution in [0.25, 0.3) is 0 Å². The first kappa shape index (κ1) is 58.6. The number of allylic oxidation sites excluding steroid dienone is 12. The van der Waals surface area contributed by atoms with Gasteiger partial charge in [0.05, 0.1) is 26.4 Å². The van der Waals surface area contributed by atoms with Crippen molar-refractivity contribution in [3.05, 3.63) is 72.9 Å². The molecule has 2 rings (SSSR count). The van der Waals surface area contributed by atoms with Crippen molar-refractivity contribution in [2.45, 2.75) is 210 Å². The smallest absolute Gasteiger partial charge is 0.306 e. The second-order valence-electron chi connectivity index (χ2n) is 16.9. The lowest BCUT2D eigenvalue weighted by Gasteiger charge is -2.42. The molecule has 14 heteroatoms. The number of ether oxygens (including phenoxy) is 6. The van der Waals surface area contributed by atoms with Crippen LogP contribution in [0.3, 0.4) is 0 Å². The van der Waals surface area contributed by atoms with Crippen LogP contribution in [-0.4, -0.2) is 142 Å². The summed E-state index contributed by atoms with van der Waals surface area (Å²) in [4.78, 5) is 13.0. The standard InChI is InChI=1S/C51H86O14/c1-3-5-7-9-11-13-15-17-19-21-23-25-27-29-31-33-35-60-37-40(63-43(53)34-32-30-28-26-24-22-20-18-16-14-12-10-8-6-4-2)38-61-50-49(59)47(57)45(55)42(65-50)39-62-51-48(58)46(56)44(54)41(36-52)64-51/h6,8,11-14,17-20,24,26,40-42,44-52,54-59H,3-5,7,9-10,15-16,21-23,25,27-39H2,1-2H3/b8-6-,13-11-,14-12-,19-17-,20-18-,26-24-. The van der Waals surface area contributed by atoms with E-state index in [1.54, 1.807) is 0 Å². The summed E-state index contributed by atoms with van der Waals surface area (Å²) in [5.41, 5.74) is 0. The lowest BCUT2D eigenvalue weighted by Crippen LogP contribution is -2.61. The molecule has 0 aromatic carbocycles. The van der Waals surface area contributed by atoms with Crippen LogP contribution in [0, 0.1) is 0 Å². The minimum Gasteiger partial charge on any atom is -0.457 e. The third-order valence-corrected chi connectivity index (χ3v) is 11.2. The summed E-state index contributed by atoms with van der Waals surface area (Å²) < 4.78 is 34.2. The molecule has 0 radical (unpaired) electrons. The molecule has 0 aromatic heterocycles. The fraction of sp³-hybridized carbons (Fsp3) is 0.745. The van der Waals surface area contributed by atoms with Gasteiger partial charge >= 0.3 is 5.97 Å². The Labute approximate surface area is 389 Å². The van der Waals surface area contributed by atoms with Crippen LogP contribution >= 0.6 is 0 Å². The highest BCUT2D eigenvalue weighted by molar-refractivity contribution is 5.69. The van der Waals surface area contributed by atoms with Crippen LogP contribution in [0.2, 0.25) is 0 Å². The van der Waals surface area contributed by atoms with E-state index in [1.165, 1.54) is 38.5 Å². The van der Waals surface area contributed by atoms with Gasteiger partial charge in [-0.2, -0.15) is 0 Å². The number of unbranched alkanes of at least 4 members (excludes halogenated alkanes) is 11. The highest BCUT2D eigenvalue weighted by atomic mass is 16.7. The van der Waals surface area contributed by atoms with Crippen molar-refractivity contribution in [3.63, 3.8) is 0 Å². The molecular weight excluding hydrogens is 837 g/mol. The average Bonchev–Trinajstić information content (AvgIpc) is 3.30. The number of aliphatic hydroxyl groups is 7. The summed E-state index contributed by atoms with van der Waals surface area (Å²) in [5, 5.41) is 72.0. The maximum absolute atomic E-state index is 13.0. The molecule has 2 saturated heterocycles. The molecule has 65 heavy (non-hydrogen) atoms. The Hall–Kier alpha value is -2.57. The van der Waals surface area contributed by atoms with Gasteiger partial charge in [0.25, 0.3) is 0 Å². The van der Waals surface area contributed by atoms with Crippen molar-refractivity contribution in [1.29, 1.82) is 0 Å². The Morgan fingerprint density at radius 1 is 0.523 bits per heavy atom. The van der Waals surface area contributed by atoms with Gasteiger partial charge in [-0.1, -0.05) is 125 Å². The fourth-order valence-electron chi connectivity index (χ4n) is 7.19. The largest absolute Gasteiger partial charge is 0.457 e. The van der Waals surface area contributed by atoms with Gasteiger partial charge in [-0.05, 0) is 83.5 Å². The topological polar surface area (TPSA) is 214 Å². The van der Waals surface area contributed by atoms with Gasteiger partial charge in [0.15, 0.2) is 12.6 Å². The molecular formula is C51H86O14. The van der Waals surface area contributed by atoms with Crippen LogP contribution in [-0.2, 0) is 33.2 Å². The minimum absolute atomic E-state index is 0.0333. The number of hydrogen-bond donors (Lipinski definition) is 7. The van der Waals surface area contributed by atoms with Crippen LogP contribution < -0.4 is 0 Å². The second-order valence-corrected chi connectivity index (χ2v) is 16.9. The lowest BCUT2D eigenvalue weighted by atomic mass is 9.98. The number of aliphatic hydroxyl groups excluding tert-OH is 7. The van der Waals surface area contributed by atoms with Gasteiger partial charge in [-0.15, -0.1) is 0 Å². The Kier molecular flexibility index (Phi) is 34.6. The van der Waals surface area contributed by atoms with Crippen LogP contribution in [0.4, 0.5) is 0 Å². The van der Waals surface area contributed by atoms with Gasteiger partial charge in [0.2, 0.25) is 0 Å². The fourth-order valence-corrected chi connectivity index (χ4v) is 7.19. The van der Waals surface area contributed by atoms with E-state index in [-0.39, 0.29) is 19.6 Å². The van der Waals surface area contributed by atoms with Gasteiger partial charge in [0.1, 0.15) is 54.9 Å². The maximum atomic E-state index is 13.0. The van der Waals surface area contributed by atoms with Crippen LogP contribution in [0.5, 0.6) is 0 Å². The van der Waals surface area contributed by atoms with E-state index in [4.69, 9.17) is 28.4 Å². The Balaban J connectivity index is 1.82. The molecule has 0 aliphatic carbocycles. The molecule has 0 spiro atoms. The Morgan fingerprint density at radius 3 is 1.57 bits per heavy atom. The van der Waals surface area contributed by atoms with Crippen LogP contribution in [0.15, 0.2) is 72.9 Å². The molecule has 2 heterocycles. The molecule has 0 amide bonds. The number of rotatable bonds is 37. The Bertz CT molecular complexity index is 1350. The number of hydrogen-bond acceptors (Lipinski definition) is 14. The molecule has 2 aliphatic rings.